The van der Waals surface area contributed by atoms with E-state index in [0.717, 1.165) is 5.56 Å². The van der Waals surface area contributed by atoms with Gasteiger partial charge in [0, 0.05) is 39.5 Å². The Labute approximate surface area is 120 Å². The summed E-state index contributed by atoms with van der Waals surface area (Å²) in [7, 11) is 3.44. The van der Waals surface area contributed by atoms with Gasteiger partial charge in [-0.3, -0.25) is 9.59 Å². The fourth-order valence-electron chi connectivity index (χ4n) is 1.78. The van der Waals surface area contributed by atoms with E-state index in [1.54, 1.807) is 19.0 Å². The quantitative estimate of drug-likeness (QED) is 0.732. The minimum atomic E-state index is -0.292. The first-order valence-corrected chi connectivity index (χ1v) is 6.78. The summed E-state index contributed by atoms with van der Waals surface area (Å²) in [5.74, 6) is -0.0149. The predicted octanol–water partition coefficient (Wildman–Crippen LogP) is 1.06. The average Bonchev–Trinajstić information content (AvgIpc) is 2.44. The maximum absolute atomic E-state index is 11.7. The molecule has 0 saturated heterocycles. The predicted molar refractivity (Wildman–Crippen MR) is 78.9 cm³/mol. The summed E-state index contributed by atoms with van der Waals surface area (Å²) in [6, 6.07) is 9.25. The number of benzene rings is 1. The van der Waals surface area contributed by atoms with Crippen molar-refractivity contribution in [3.63, 3.8) is 0 Å². The van der Waals surface area contributed by atoms with Crippen LogP contribution in [0.2, 0.25) is 0 Å². The summed E-state index contributed by atoms with van der Waals surface area (Å²) in [5.41, 5.74) is 6.92. The molecular formula is C15H23N3O2. The molecule has 0 fully saturated rings. The second kappa shape index (κ2) is 8.32. The van der Waals surface area contributed by atoms with Crippen LogP contribution in [0.1, 0.15) is 30.9 Å². The van der Waals surface area contributed by atoms with E-state index in [4.69, 9.17) is 5.73 Å². The third kappa shape index (κ3) is 5.84. The molecule has 1 rings (SSSR count). The van der Waals surface area contributed by atoms with Crippen molar-refractivity contribution in [2.45, 2.75) is 25.3 Å². The third-order valence-corrected chi connectivity index (χ3v) is 3.02. The van der Waals surface area contributed by atoms with E-state index in [1.807, 2.05) is 30.3 Å². The number of nitrogens with one attached hydrogen (secondary N) is 1. The molecule has 0 aliphatic heterocycles. The van der Waals surface area contributed by atoms with Gasteiger partial charge in [-0.2, -0.15) is 0 Å². The maximum Gasteiger partial charge on any atom is 0.222 e. The van der Waals surface area contributed by atoms with Crippen LogP contribution in [-0.2, 0) is 9.59 Å². The zero-order valence-electron chi connectivity index (χ0n) is 12.1. The van der Waals surface area contributed by atoms with Crippen molar-refractivity contribution in [3.05, 3.63) is 35.9 Å². The van der Waals surface area contributed by atoms with Crippen LogP contribution >= 0.6 is 0 Å². The van der Waals surface area contributed by atoms with Gasteiger partial charge in [0.25, 0.3) is 0 Å². The monoisotopic (exact) mass is 277 g/mol. The van der Waals surface area contributed by atoms with Gasteiger partial charge in [-0.15, -0.1) is 0 Å². The Hall–Kier alpha value is -1.88. The van der Waals surface area contributed by atoms with E-state index >= 15 is 0 Å². The molecule has 0 saturated carbocycles. The molecule has 2 amide bonds. The molecule has 0 bridgehead atoms. The normalized spacial score (nSPS) is 11.8. The summed E-state index contributed by atoms with van der Waals surface area (Å²) >= 11 is 0. The van der Waals surface area contributed by atoms with Gasteiger partial charge in [0.1, 0.15) is 0 Å². The summed E-state index contributed by atoms with van der Waals surface area (Å²) < 4.78 is 0. The van der Waals surface area contributed by atoms with Gasteiger partial charge in [0.15, 0.2) is 0 Å². The molecule has 0 aliphatic rings. The van der Waals surface area contributed by atoms with E-state index < -0.39 is 0 Å². The Bertz CT molecular complexity index is 432. The molecule has 5 heteroatoms. The zero-order valence-corrected chi connectivity index (χ0v) is 12.1. The Morgan fingerprint density at radius 1 is 1.25 bits per heavy atom. The number of amides is 2. The minimum Gasteiger partial charge on any atom is -0.356 e. The van der Waals surface area contributed by atoms with E-state index in [9.17, 15) is 9.59 Å². The van der Waals surface area contributed by atoms with Crippen molar-refractivity contribution in [1.82, 2.24) is 10.2 Å². The molecule has 1 atom stereocenters. The van der Waals surface area contributed by atoms with E-state index in [-0.39, 0.29) is 24.3 Å². The van der Waals surface area contributed by atoms with E-state index in [1.165, 1.54) is 0 Å². The number of carbonyl (C=O) groups excluding carboxylic acids is 2. The number of rotatable bonds is 7. The first kappa shape index (κ1) is 16.2. The zero-order chi connectivity index (χ0) is 15.0. The van der Waals surface area contributed by atoms with Crippen LogP contribution in [-0.4, -0.2) is 37.4 Å². The highest BCUT2D eigenvalue weighted by molar-refractivity contribution is 5.77. The highest BCUT2D eigenvalue weighted by Gasteiger charge is 2.11. The lowest BCUT2D eigenvalue weighted by molar-refractivity contribution is -0.129. The van der Waals surface area contributed by atoms with Crippen molar-refractivity contribution in [2.24, 2.45) is 5.73 Å². The summed E-state index contributed by atoms with van der Waals surface area (Å²) in [4.78, 5) is 24.6. The lowest BCUT2D eigenvalue weighted by Crippen LogP contribution is -2.29. The Balaban J connectivity index is 2.22. The first-order valence-electron chi connectivity index (χ1n) is 6.78. The Kier molecular flexibility index (Phi) is 6.73. The topological polar surface area (TPSA) is 75.4 Å². The summed E-state index contributed by atoms with van der Waals surface area (Å²) in [6.07, 6.45) is 1.34. The van der Waals surface area contributed by atoms with Gasteiger partial charge in [0.2, 0.25) is 11.8 Å². The number of hydrogen-bond donors (Lipinski definition) is 2. The molecular weight excluding hydrogens is 254 g/mol. The molecule has 110 valence electrons. The number of nitrogens with two attached hydrogens (primary N) is 1. The van der Waals surface area contributed by atoms with Crippen molar-refractivity contribution in [2.75, 3.05) is 20.6 Å². The van der Waals surface area contributed by atoms with Crippen molar-refractivity contribution < 1.29 is 9.59 Å². The third-order valence-electron chi connectivity index (χ3n) is 3.02. The highest BCUT2D eigenvalue weighted by Crippen LogP contribution is 2.12. The van der Waals surface area contributed by atoms with Crippen LogP contribution in [0.3, 0.4) is 0 Å². The van der Waals surface area contributed by atoms with Crippen molar-refractivity contribution in [1.29, 1.82) is 0 Å². The van der Waals surface area contributed by atoms with Crippen LogP contribution < -0.4 is 11.1 Å². The molecule has 0 spiro atoms. The van der Waals surface area contributed by atoms with Crippen LogP contribution in [0.15, 0.2) is 30.3 Å². The van der Waals surface area contributed by atoms with Gasteiger partial charge in [-0.1, -0.05) is 30.3 Å². The van der Waals surface area contributed by atoms with E-state index in [0.29, 0.717) is 19.4 Å². The largest absolute Gasteiger partial charge is 0.356 e. The van der Waals surface area contributed by atoms with E-state index in [2.05, 4.69) is 5.32 Å². The van der Waals surface area contributed by atoms with Gasteiger partial charge in [0.05, 0.1) is 0 Å². The van der Waals surface area contributed by atoms with Crippen LogP contribution in [0.4, 0.5) is 0 Å². The molecule has 1 unspecified atom stereocenters. The number of nitrogens with zero attached hydrogens (tertiary/aromatic N) is 1. The Morgan fingerprint density at radius 2 is 1.90 bits per heavy atom. The molecule has 5 nitrogen and oxygen atoms in total. The van der Waals surface area contributed by atoms with Gasteiger partial charge in [-0.05, 0) is 12.0 Å². The lowest BCUT2D eigenvalue weighted by Gasteiger charge is -2.13. The van der Waals surface area contributed by atoms with Crippen LogP contribution in [0.25, 0.3) is 0 Å². The lowest BCUT2D eigenvalue weighted by atomic mass is 10.0. The van der Waals surface area contributed by atoms with Crippen molar-refractivity contribution in [3.8, 4) is 0 Å². The standard InChI is InChI=1S/C15H23N3O2/c1-18(2)15(20)9-6-10-17-14(19)11-13(16)12-7-4-3-5-8-12/h3-5,7-8,13H,6,9-11,16H2,1-2H3,(H,17,19). The SMILES string of the molecule is CN(C)C(=O)CCCNC(=O)CC(N)c1ccccc1. The van der Waals surface area contributed by atoms with Gasteiger partial charge in [-0.25, -0.2) is 0 Å². The van der Waals surface area contributed by atoms with Crippen molar-refractivity contribution >= 4 is 11.8 Å². The smallest absolute Gasteiger partial charge is 0.222 e. The maximum atomic E-state index is 11.7. The number of hydrogen-bond acceptors (Lipinski definition) is 3. The molecule has 1 aromatic carbocycles. The second-order valence-corrected chi connectivity index (χ2v) is 4.96. The fourth-order valence-corrected chi connectivity index (χ4v) is 1.78. The molecule has 20 heavy (non-hydrogen) atoms. The van der Waals surface area contributed by atoms with Gasteiger partial charge < -0.3 is 16.0 Å². The summed E-state index contributed by atoms with van der Waals surface area (Å²) in [6.45, 7) is 0.500. The second-order valence-electron chi connectivity index (χ2n) is 4.96. The minimum absolute atomic E-state index is 0.0697. The molecule has 0 aliphatic carbocycles. The molecule has 1 aromatic rings. The molecule has 0 heterocycles. The Morgan fingerprint density at radius 3 is 2.50 bits per heavy atom. The molecule has 0 radical (unpaired) electrons. The molecule has 3 N–H and O–H groups in total. The highest BCUT2D eigenvalue weighted by atomic mass is 16.2. The first-order chi connectivity index (χ1) is 9.50. The fraction of sp³-hybridized carbons (Fsp3) is 0.467. The van der Waals surface area contributed by atoms with Gasteiger partial charge >= 0.3 is 0 Å². The van der Waals surface area contributed by atoms with Crippen LogP contribution in [0.5, 0.6) is 0 Å². The summed E-state index contributed by atoms with van der Waals surface area (Å²) in [5, 5.41) is 2.79. The molecule has 0 aromatic heterocycles. The average molecular weight is 277 g/mol. The van der Waals surface area contributed by atoms with Crippen LogP contribution in [0, 0.1) is 0 Å². The number of carbonyl (C=O) groups is 2.